The highest BCUT2D eigenvalue weighted by atomic mass is 16.5. The second-order valence-electron chi connectivity index (χ2n) is 6.42. The highest BCUT2D eigenvalue weighted by molar-refractivity contribution is 5.91. The second-order valence-corrected chi connectivity index (χ2v) is 6.42. The number of hydrogen-bond acceptors (Lipinski definition) is 8. The number of rotatable bonds is 7. The molecule has 3 rings (SSSR count). The SMILES string of the molecule is CCc1nc(CN(C)[C@@H]2CCN(CC(=O)Nc3cc(C)on3)C2)no1. The van der Waals surface area contributed by atoms with E-state index in [4.69, 9.17) is 9.05 Å². The predicted molar refractivity (Wildman–Crippen MR) is 89.9 cm³/mol. The van der Waals surface area contributed by atoms with Gasteiger partial charge in [0.25, 0.3) is 0 Å². The molecule has 25 heavy (non-hydrogen) atoms. The van der Waals surface area contributed by atoms with E-state index in [1.807, 2.05) is 14.0 Å². The molecule has 1 N–H and O–H groups in total. The number of aromatic nitrogens is 3. The number of likely N-dealkylation sites (N-methyl/N-ethyl adjacent to an activating group) is 1. The van der Waals surface area contributed by atoms with Crippen molar-refractivity contribution in [3.8, 4) is 0 Å². The van der Waals surface area contributed by atoms with Crippen LogP contribution in [0, 0.1) is 6.92 Å². The molecule has 1 aliphatic heterocycles. The molecule has 9 heteroatoms. The van der Waals surface area contributed by atoms with E-state index in [9.17, 15) is 4.79 Å². The van der Waals surface area contributed by atoms with Crippen LogP contribution >= 0.6 is 0 Å². The van der Waals surface area contributed by atoms with Crippen LogP contribution in [0.1, 0.15) is 30.8 Å². The Morgan fingerprint density at radius 2 is 2.28 bits per heavy atom. The van der Waals surface area contributed by atoms with Crippen molar-refractivity contribution in [2.45, 2.75) is 39.3 Å². The summed E-state index contributed by atoms with van der Waals surface area (Å²) in [5.41, 5.74) is 0. The van der Waals surface area contributed by atoms with Gasteiger partial charge in [-0.3, -0.25) is 14.6 Å². The summed E-state index contributed by atoms with van der Waals surface area (Å²) in [4.78, 5) is 20.8. The normalized spacial score (nSPS) is 18.2. The maximum absolute atomic E-state index is 12.1. The molecule has 3 heterocycles. The van der Waals surface area contributed by atoms with Gasteiger partial charge in [0.1, 0.15) is 5.76 Å². The second kappa shape index (κ2) is 7.75. The molecule has 2 aromatic rings. The number of nitrogens with one attached hydrogen (secondary N) is 1. The highest BCUT2D eigenvalue weighted by Crippen LogP contribution is 2.16. The summed E-state index contributed by atoms with van der Waals surface area (Å²) >= 11 is 0. The Hall–Kier alpha value is -2.26. The summed E-state index contributed by atoms with van der Waals surface area (Å²) in [5, 5.41) is 10.5. The molecule has 136 valence electrons. The Labute approximate surface area is 146 Å². The van der Waals surface area contributed by atoms with Gasteiger partial charge < -0.3 is 14.4 Å². The van der Waals surface area contributed by atoms with Crippen molar-refractivity contribution in [3.05, 3.63) is 23.5 Å². The van der Waals surface area contributed by atoms with Crippen LogP contribution in [0.15, 0.2) is 15.1 Å². The van der Waals surface area contributed by atoms with Gasteiger partial charge in [-0.15, -0.1) is 0 Å². The molecule has 1 amide bonds. The number of hydrogen-bond donors (Lipinski definition) is 1. The molecular formula is C16H24N6O3. The minimum atomic E-state index is -0.0811. The summed E-state index contributed by atoms with van der Waals surface area (Å²) in [5.74, 6) is 2.42. The minimum absolute atomic E-state index is 0.0811. The molecule has 0 radical (unpaired) electrons. The minimum Gasteiger partial charge on any atom is -0.360 e. The third kappa shape index (κ3) is 4.64. The number of likely N-dealkylation sites (tertiary alicyclic amines) is 1. The van der Waals surface area contributed by atoms with Gasteiger partial charge in [0, 0.05) is 31.6 Å². The van der Waals surface area contributed by atoms with E-state index >= 15 is 0 Å². The predicted octanol–water partition coefficient (Wildman–Crippen LogP) is 1.07. The third-order valence-electron chi connectivity index (χ3n) is 4.34. The van der Waals surface area contributed by atoms with E-state index in [0.717, 1.165) is 25.9 Å². The van der Waals surface area contributed by atoms with Crippen molar-refractivity contribution >= 4 is 11.7 Å². The Morgan fingerprint density at radius 1 is 1.44 bits per heavy atom. The van der Waals surface area contributed by atoms with Crippen molar-refractivity contribution in [3.63, 3.8) is 0 Å². The van der Waals surface area contributed by atoms with Gasteiger partial charge in [0.05, 0.1) is 13.1 Å². The Morgan fingerprint density at radius 3 is 2.96 bits per heavy atom. The number of aryl methyl sites for hydroxylation is 2. The number of nitrogens with zero attached hydrogens (tertiary/aromatic N) is 5. The van der Waals surface area contributed by atoms with Crippen LogP contribution in [0.4, 0.5) is 5.82 Å². The molecule has 9 nitrogen and oxygen atoms in total. The van der Waals surface area contributed by atoms with Gasteiger partial charge >= 0.3 is 0 Å². The lowest BCUT2D eigenvalue weighted by Gasteiger charge is -2.23. The molecule has 0 aromatic carbocycles. The van der Waals surface area contributed by atoms with Gasteiger partial charge in [0.2, 0.25) is 11.8 Å². The van der Waals surface area contributed by atoms with Crippen LogP contribution in [0.2, 0.25) is 0 Å². The third-order valence-corrected chi connectivity index (χ3v) is 4.34. The number of carbonyl (C=O) groups excluding carboxylic acids is 1. The average molecular weight is 348 g/mol. The van der Waals surface area contributed by atoms with Crippen molar-refractivity contribution < 1.29 is 13.8 Å². The lowest BCUT2D eigenvalue weighted by atomic mass is 10.2. The number of amides is 1. The zero-order valence-electron chi connectivity index (χ0n) is 14.9. The quantitative estimate of drug-likeness (QED) is 0.793. The molecule has 1 fully saturated rings. The molecule has 0 spiro atoms. The zero-order chi connectivity index (χ0) is 17.8. The molecule has 0 bridgehead atoms. The van der Waals surface area contributed by atoms with Crippen LogP contribution < -0.4 is 5.32 Å². The topological polar surface area (TPSA) is 101 Å². The zero-order valence-corrected chi connectivity index (χ0v) is 14.9. The van der Waals surface area contributed by atoms with Crippen LogP contribution in [0.5, 0.6) is 0 Å². The molecule has 1 atom stereocenters. The van der Waals surface area contributed by atoms with E-state index in [-0.39, 0.29) is 5.91 Å². The maximum Gasteiger partial charge on any atom is 0.239 e. The molecule has 0 saturated carbocycles. The molecule has 1 saturated heterocycles. The van der Waals surface area contributed by atoms with Gasteiger partial charge in [0.15, 0.2) is 11.6 Å². The average Bonchev–Trinajstić information content (AvgIpc) is 3.29. The van der Waals surface area contributed by atoms with Crippen molar-refractivity contribution in [1.82, 2.24) is 25.1 Å². The van der Waals surface area contributed by atoms with E-state index in [2.05, 4.69) is 30.4 Å². The van der Waals surface area contributed by atoms with Crippen molar-refractivity contribution in [2.24, 2.45) is 0 Å². The first-order valence-electron chi connectivity index (χ1n) is 8.50. The standard InChI is InChI=1S/C16H24N6O3/c1-4-16-18-14(20-25-16)9-21(3)12-5-6-22(8-12)10-15(23)17-13-7-11(2)24-19-13/h7,12H,4-6,8-10H2,1-3H3,(H,17,19,23)/t12-/m1/s1. The van der Waals surface area contributed by atoms with Gasteiger partial charge in [-0.1, -0.05) is 17.2 Å². The first-order chi connectivity index (χ1) is 12.0. The largest absolute Gasteiger partial charge is 0.360 e. The van der Waals surface area contributed by atoms with E-state index in [0.29, 0.717) is 42.4 Å². The van der Waals surface area contributed by atoms with Crippen molar-refractivity contribution in [2.75, 3.05) is 32.0 Å². The van der Waals surface area contributed by atoms with Crippen LogP contribution in [-0.2, 0) is 17.8 Å². The van der Waals surface area contributed by atoms with Gasteiger partial charge in [-0.2, -0.15) is 4.98 Å². The molecule has 0 unspecified atom stereocenters. The molecule has 0 aliphatic carbocycles. The first-order valence-corrected chi connectivity index (χ1v) is 8.50. The molecule has 1 aliphatic rings. The fraction of sp³-hybridized carbons (Fsp3) is 0.625. The van der Waals surface area contributed by atoms with Crippen molar-refractivity contribution in [1.29, 1.82) is 0 Å². The van der Waals surface area contributed by atoms with Crippen LogP contribution in [-0.4, -0.2) is 63.7 Å². The number of carbonyl (C=O) groups is 1. The Kier molecular flexibility index (Phi) is 5.44. The maximum atomic E-state index is 12.1. The van der Waals surface area contributed by atoms with E-state index in [1.165, 1.54) is 0 Å². The first kappa shape index (κ1) is 17.6. The summed E-state index contributed by atoms with van der Waals surface area (Å²) in [6.45, 7) is 6.48. The Balaban J connectivity index is 1.45. The van der Waals surface area contributed by atoms with E-state index in [1.54, 1.807) is 13.0 Å². The Bertz CT molecular complexity index is 712. The fourth-order valence-corrected chi connectivity index (χ4v) is 2.98. The lowest BCUT2D eigenvalue weighted by molar-refractivity contribution is -0.117. The fourth-order valence-electron chi connectivity index (χ4n) is 2.98. The van der Waals surface area contributed by atoms with Gasteiger partial charge in [-0.05, 0) is 20.4 Å². The van der Waals surface area contributed by atoms with Crippen LogP contribution in [0.3, 0.4) is 0 Å². The van der Waals surface area contributed by atoms with Crippen LogP contribution in [0.25, 0.3) is 0 Å². The van der Waals surface area contributed by atoms with E-state index < -0.39 is 0 Å². The highest BCUT2D eigenvalue weighted by Gasteiger charge is 2.27. The molecular weight excluding hydrogens is 324 g/mol. The summed E-state index contributed by atoms with van der Waals surface area (Å²) in [6, 6.07) is 2.07. The molecule has 2 aromatic heterocycles. The summed E-state index contributed by atoms with van der Waals surface area (Å²) in [6.07, 6.45) is 1.75. The lowest BCUT2D eigenvalue weighted by Crippen LogP contribution is -2.37. The van der Waals surface area contributed by atoms with Gasteiger partial charge in [-0.25, -0.2) is 0 Å². The smallest absolute Gasteiger partial charge is 0.239 e. The summed E-state index contributed by atoms with van der Waals surface area (Å²) < 4.78 is 10.1. The summed E-state index contributed by atoms with van der Waals surface area (Å²) in [7, 11) is 2.05. The monoisotopic (exact) mass is 348 g/mol. The number of anilines is 1.